The van der Waals surface area contributed by atoms with Crippen LogP contribution in [-0.4, -0.2) is 40.2 Å². The Balaban J connectivity index is 1.58. The summed E-state index contributed by atoms with van der Waals surface area (Å²) >= 11 is 0. The van der Waals surface area contributed by atoms with Crippen molar-refractivity contribution in [1.29, 1.82) is 0 Å². The van der Waals surface area contributed by atoms with Gasteiger partial charge in [-0.15, -0.1) is 0 Å². The number of anilines is 1. The van der Waals surface area contributed by atoms with E-state index in [2.05, 4.69) is 5.32 Å². The fourth-order valence-corrected chi connectivity index (χ4v) is 5.11. The van der Waals surface area contributed by atoms with E-state index in [4.69, 9.17) is 9.47 Å². The first-order valence-corrected chi connectivity index (χ1v) is 13.1. The van der Waals surface area contributed by atoms with Crippen molar-refractivity contribution in [3.8, 4) is 11.5 Å². The molecule has 1 atom stereocenters. The van der Waals surface area contributed by atoms with Gasteiger partial charge in [0.2, 0.25) is 12.7 Å². The average molecular weight is 564 g/mol. The normalized spacial score (nSPS) is 13.5. The molecule has 206 valence electrons. The molecule has 1 aliphatic heterocycles. The first-order valence-electron chi connectivity index (χ1n) is 11.6. The average Bonchev–Trinajstić information content (AvgIpc) is 3.35. The van der Waals surface area contributed by atoms with Gasteiger partial charge < -0.3 is 19.7 Å². The summed E-state index contributed by atoms with van der Waals surface area (Å²) in [5, 5.41) is 2.36. The van der Waals surface area contributed by atoms with Gasteiger partial charge >= 0.3 is 12.2 Å². The molecule has 0 aromatic heterocycles. The summed E-state index contributed by atoms with van der Waals surface area (Å²) in [6.07, 6.45) is -4.76. The van der Waals surface area contributed by atoms with Crippen LogP contribution in [0.2, 0.25) is 0 Å². The number of amides is 3. The van der Waals surface area contributed by atoms with Gasteiger partial charge in [-0.2, -0.15) is 13.2 Å². The fraction of sp³-hybridized carbons (Fsp3) is 0.231. The van der Waals surface area contributed by atoms with E-state index in [-0.39, 0.29) is 18.1 Å². The second-order valence-corrected chi connectivity index (χ2v) is 10.4. The van der Waals surface area contributed by atoms with Gasteiger partial charge in [0.15, 0.2) is 11.5 Å². The molecule has 0 saturated carbocycles. The van der Waals surface area contributed by atoms with E-state index < -0.39 is 39.7 Å². The Kier molecular flexibility index (Phi) is 7.72. The summed E-state index contributed by atoms with van der Waals surface area (Å²) in [5.74, 6) is 0.235. The number of urea groups is 1. The molecule has 1 aliphatic rings. The van der Waals surface area contributed by atoms with Crippen molar-refractivity contribution in [2.75, 3.05) is 18.7 Å². The predicted molar refractivity (Wildman–Crippen MR) is 135 cm³/mol. The highest BCUT2D eigenvalue weighted by atomic mass is 32.2. The van der Waals surface area contributed by atoms with Crippen LogP contribution in [0.5, 0.6) is 11.5 Å². The lowest BCUT2D eigenvalue weighted by Crippen LogP contribution is -2.52. The Morgan fingerprint density at radius 1 is 1.00 bits per heavy atom. The number of likely N-dealkylation sites (N-methyl/N-ethyl adjacent to an activating group) is 1. The second kappa shape index (κ2) is 10.8. The van der Waals surface area contributed by atoms with Crippen molar-refractivity contribution in [3.63, 3.8) is 0 Å². The van der Waals surface area contributed by atoms with Gasteiger partial charge in [-0.05, 0) is 48.4 Å². The van der Waals surface area contributed by atoms with Crippen LogP contribution in [-0.2, 0) is 27.4 Å². The summed E-state index contributed by atoms with van der Waals surface area (Å²) in [6, 6.07) is 12.3. The van der Waals surface area contributed by atoms with Gasteiger partial charge in [-0.3, -0.25) is 4.79 Å². The maximum atomic E-state index is 13.5. The smallest absolute Gasteiger partial charge is 0.416 e. The molecular weight excluding hydrogens is 539 g/mol. The molecule has 1 heterocycles. The van der Waals surface area contributed by atoms with Crippen molar-refractivity contribution >= 4 is 27.6 Å². The number of rotatable bonds is 7. The predicted octanol–water partition coefficient (Wildman–Crippen LogP) is 4.00. The molecular formula is C26H24F3N3O6S. The maximum Gasteiger partial charge on any atom is 0.416 e. The van der Waals surface area contributed by atoms with E-state index >= 15 is 0 Å². The molecule has 4 rings (SSSR count). The van der Waals surface area contributed by atoms with Crippen LogP contribution >= 0.6 is 0 Å². The molecule has 13 heteroatoms. The van der Waals surface area contributed by atoms with Gasteiger partial charge in [-0.25, -0.2) is 17.9 Å². The molecule has 0 radical (unpaired) electrons. The molecule has 3 aromatic rings. The van der Waals surface area contributed by atoms with E-state index in [1.807, 2.05) is 4.72 Å². The number of hydrogen-bond acceptors (Lipinski definition) is 6. The van der Waals surface area contributed by atoms with Gasteiger partial charge in [0.25, 0.3) is 10.0 Å². The molecule has 0 saturated heterocycles. The fourth-order valence-electron chi connectivity index (χ4n) is 3.94. The minimum Gasteiger partial charge on any atom is -0.454 e. The molecule has 0 spiro atoms. The third-order valence-electron chi connectivity index (χ3n) is 6.01. The van der Waals surface area contributed by atoms with Crippen molar-refractivity contribution in [2.24, 2.45) is 0 Å². The summed E-state index contributed by atoms with van der Waals surface area (Å²) in [6.45, 7) is 1.58. The van der Waals surface area contributed by atoms with Gasteiger partial charge in [-0.1, -0.05) is 30.3 Å². The minimum atomic E-state index is -4.55. The molecule has 3 amide bonds. The third-order valence-corrected chi connectivity index (χ3v) is 7.50. The number of alkyl halides is 3. The van der Waals surface area contributed by atoms with E-state index in [0.717, 1.165) is 12.1 Å². The first-order chi connectivity index (χ1) is 18.3. The monoisotopic (exact) mass is 563 g/mol. The van der Waals surface area contributed by atoms with Crippen LogP contribution in [0, 0.1) is 6.92 Å². The maximum absolute atomic E-state index is 13.5. The Morgan fingerprint density at radius 2 is 1.67 bits per heavy atom. The number of nitrogens with one attached hydrogen (secondary N) is 2. The van der Waals surface area contributed by atoms with Crippen molar-refractivity contribution in [2.45, 2.75) is 30.5 Å². The van der Waals surface area contributed by atoms with Crippen LogP contribution in [0.3, 0.4) is 0 Å². The van der Waals surface area contributed by atoms with E-state index in [1.54, 1.807) is 37.3 Å². The Morgan fingerprint density at radius 3 is 2.33 bits per heavy atom. The molecule has 1 unspecified atom stereocenters. The number of fused-ring (bicyclic) bond motifs is 1. The summed E-state index contributed by atoms with van der Waals surface area (Å²) in [7, 11) is -2.84. The van der Waals surface area contributed by atoms with E-state index in [0.29, 0.717) is 28.3 Å². The third kappa shape index (κ3) is 6.42. The van der Waals surface area contributed by atoms with Crippen LogP contribution in [0.15, 0.2) is 71.6 Å². The van der Waals surface area contributed by atoms with Crippen LogP contribution < -0.4 is 24.4 Å². The van der Waals surface area contributed by atoms with E-state index in [1.165, 1.54) is 36.2 Å². The number of halogens is 3. The summed E-state index contributed by atoms with van der Waals surface area (Å²) in [4.78, 5) is 27.4. The number of hydrogen-bond donors (Lipinski definition) is 2. The van der Waals surface area contributed by atoms with Gasteiger partial charge in [0.1, 0.15) is 6.04 Å². The lowest BCUT2D eigenvalue weighted by molar-refractivity contribution is -0.137. The zero-order valence-electron chi connectivity index (χ0n) is 20.8. The minimum absolute atomic E-state index is 0.0179. The largest absolute Gasteiger partial charge is 0.454 e. The zero-order valence-corrected chi connectivity index (χ0v) is 21.6. The Labute approximate surface area is 222 Å². The number of sulfonamides is 1. The Bertz CT molecular complexity index is 1490. The number of nitrogens with zero attached hydrogens (tertiary/aromatic N) is 1. The summed E-state index contributed by atoms with van der Waals surface area (Å²) < 4.78 is 77.0. The second-order valence-electron chi connectivity index (χ2n) is 8.73. The number of carbonyl (C=O) groups excluding carboxylic acids is 2. The number of ether oxygens (including phenoxy) is 2. The van der Waals surface area contributed by atoms with E-state index in [9.17, 15) is 31.2 Å². The van der Waals surface area contributed by atoms with Gasteiger partial charge in [0, 0.05) is 25.2 Å². The highest BCUT2D eigenvalue weighted by Crippen LogP contribution is 2.35. The highest BCUT2D eigenvalue weighted by Gasteiger charge is 2.31. The number of carbonyl (C=O) groups is 2. The molecule has 3 aromatic carbocycles. The first kappa shape index (κ1) is 27.8. The highest BCUT2D eigenvalue weighted by molar-refractivity contribution is 7.90. The molecule has 0 fully saturated rings. The Hall–Kier alpha value is -4.26. The topological polar surface area (TPSA) is 114 Å². The quantitative estimate of drug-likeness (QED) is 0.449. The summed E-state index contributed by atoms with van der Waals surface area (Å²) in [5.41, 5.74) is 0.221. The van der Waals surface area contributed by atoms with Crippen molar-refractivity contribution in [3.05, 3.63) is 83.4 Å². The standard InChI is InChI=1S/C26H24F3N3O6S/c1-16-5-3-4-6-23(16)39(35,36)31-25(34)30-20(13-17-7-9-18(10-8-17)26(27,28)29)24(33)32(2)19-11-12-21-22(14-19)38-15-37-21/h3-12,14,20H,13,15H2,1-2H3,(H2,30,31,34). The number of benzene rings is 3. The van der Waals surface area contributed by atoms with Crippen molar-refractivity contribution in [1.82, 2.24) is 10.0 Å². The van der Waals surface area contributed by atoms with Crippen LogP contribution in [0.4, 0.5) is 23.7 Å². The zero-order chi connectivity index (χ0) is 28.4. The van der Waals surface area contributed by atoms with Crippen molar-refractivity contribution < 1.29 is 40.7 Å². The molecule has 9 nitrogen and oxygen atoms in total. The molecule has 0 bridgehead atoms. The molecule has 0 aliphatic carbocycles. The van der Waals surface area contributed by atoms with Crippen LogP contribution in [0.25, 0.3) is 0 Å². The molecule has 2 N–H and O–H groups in total. The SMILES string of the molecule is Cc1ccccc1S(=O)(=O)NC(=O)NC(Cc1ccc(C(F)(F)F)cc1)C(=O)N(C)c1ccc2c(c1)OCO2. The lowest BCUT2D eigenvalue weighted by atomic mass is 10.0. The number of aryl methyl sites for hydroxylation is 1. The molecule has 39 heavy (non-hydrogen) atoms. The lowest BCUT2D eigenvalue weighted by Gasteiger charge is -2.25. The van der Waals surface area contributed by atoms with Gasteiger partial charge in [0.05, 0.1) is 10.5 Å². The van der Waals surface area contributed by atoms with Crippen LogP contribution in [0.1, 0.15) is 16.7 Å².